The van der Waals surface area contributed by atoms with Crippen molar-refractivity contribution in [2.75, 3.05) is 7.05 Å². The zero-order valence-electron chi connectivity index (χ0n) is 11.3. The Morgan fingerprint density at radius 2 is 2.10 bits per heavy atom. The smallest absolute Gasteiger partial charge is 0.297 e. The second kappa shape index (κ2) is 6.27. The zero-order chi connectivity index (χ0) is 15.5. The average molecular weight is 319 g/mol. The summed E-state index contributed by atoms with van der Waals surface area (Å²) >= 11 is 2.31. The van der Waals surface area contributed by atoms with E-state index in [9.17, 15) is 19.7 Å². The summed E-state index contributed by atoms with van der Waals surface area (Å²) in [5.41, 5.74) is 0. The van der Waals surface area contributed by atoms with Crippen LogP contribution >= 0.6 is 23.5 Å². The van der Waals surface area contributed by atoms with Crippen molar-refractivity contribution in [1.82, 2.24) is 4.90 Å². The number of oxime groups is 1. The summed E-state index contributed by atoms with van der Waals surface area (Å²) < 4.78 is -0.0866. The van der Waals surface area contributed by atoms with Crippen LogP contribution in [0.3, 0.4) is 0 Å². The van der Waals surface area contributed by atoms with Crippen LogP contribution in [-0.2, 0) is 9.63 Å². The summed E-state index contributed by atoms with van der Waals surface area (Å²) in [6.45, 7) is 4.82. The molecule has 0 bridgehead atoms. The maximum atomic E-state index is 11.4. The monoisotopic (exact) mass is 319 g/mol. The van der Waals surface area contributed by atoms with Crippen molar-refractivity contribution in [3.63, 3.8) is 0 Å². The molecule has 8 nitrogen and oxygen atoms in total. The van der Waals surface area contributed by atoms with Crippen LogP contribution in [0.4, 0.5) is 4.79 Å². The molecule has 0 unspecified atom stereocenters. The first-order chi connectivity index (χ1) is 9.13. The lowest BCUT2D eigenvalue weighted by molar-refractivity contribution is -0.402. The van der Waals surface area contributed by atoms with Gasteiger partial charge in [-0.1, -0.05) is 28.7 Å². The SMILES string of the molecule is CC(=O)N(C)C(=O)ON=C1SC(=C[N+](=O)[O-])SC1(C)C. The lowest BCUT2D eigenvalue weighted by Crippen LogP contribution is -2.31. The van der Waals surface area contributed by atoms with Gasteiger partial charge in [0, 0.05) is 14.0 Å². The molecule has 1 heterocycles. The first-order valence-corrected chi connectivity index (χ1v) is 7.02. The summed E-state index contributed by atoms with van der Waals surface area (Å²) in [5, 5.41) is 14.5. The Morgan fingerprint density at radius 1 is 1.50 bits per heavy atom. The third-order valence-corrected chi connectivity index (χ3v) is 4.96. The Labute approximate surface area is 123 Å². The summed E-state index contributed by atoms with van der Waals surface area (Å²) in [4.78, 5) is 37.7. The van der Waals surface area contributed by atoms with E-state index in [2.05, 4.69) is 9.99 Å². The van der Waals surface area contributed by atoms with E-state index in [1.54, 1.807) is 13.8 Å². The van der Waals surface area contributed by atoms with Crippen molar-refractivity contribution in [3.05, 3.63) is 20.6 Å². The first kappa shape index (κ1) is 16.5. The fourth-order valence-corrected chi connectivity index (χ4v) is 3.77. The molecular formula is C10H13N3O5S2. The van der Waals surface area contributed by atoms with Crippen LogP contribution < -0.4 is 0 Å². The van der Waals surface area contributed by atoms with Crippen LogP contribution in [0.25, 0.3) is 0 Å². The van der Waals surface area contributed by atoms with Crippen LogP contribution in [0.2, 0.25) is 0 Å². The van der Waals surface area contributed by atoms with Crippen molar-refractivity contribution in [2.45, 2.75) is 25.5 Å². The number of carbonyl (C=O) groups is 2. The Hall–Kier alpha value is -1.55. The number of nitro groups is 1. The highest BCUT2D eigenvalue weighted by Crippen LogP contribution is 2.50. The molecule has 0 aromatic heterocycles. The van der Waals surface area contributed by atoms with Crippen molar-refractivity contribution >= 4 is 40.6 Å². The molecule has 0 aromatic carbocycles. The van der Waals surface area contributed by atoms with Gasteiger partial charge < -0.3 is 0 Å². The maximum absolute atomic E-state index is 11.4. The van der Waals surface area contributed by atoms with E-state index in [1.807, 2.05) is 0 Å². The normalized spacial score (nSPS) is 21.0. The minimum absolute atomic E-state index is 0.418. The van der Waals surface area contributed by atoms with Gasteiger partial charge in [-0.25, -0.2) is 9.69 Å². The van der Waals surface area contributed by atoms with Crippen LogP contribution in [0, 0.1) is 10.1 Å². The molecule has 0 aromatic rings. The zero-order valence-corrected chi connectivity index (χ0v) is 12.9. The average Bonchev–Trinajstić information content (AvgIpc) is 2.58. The van der Waals surface area contributed by atoms with E-state index in [0.29, 0.717) is 9.28 Å². The molecule has 1 aliphatic heterocycles. The second-order valence-corrected chi connectivity index (χ2v) is 7.23. The largest absolute Gasteiger partial charge is 0.442 e. The third kappa shape index (κ3) is 4.23. The Balaban J connectivity index is 2.81. The van der Waals surface area contributed by atoms with Gasteiger partial charge in [0.25, 0.3) is 6.20 Å². The number of thioether (sulfide) groups is 2. The molecule has 2 amide bonds. The summed E-state index contributed by atoms with van der Waals surface area (Å²) in [5.74, 6) is -0.475. The maximum Gasteiger partial charge on any atom is 0.442 e. The van der Waals surface area contributed by atoms with E-state index in [1.165, 1.54) is 25.7 Å². The van der Waals surface area contributed by atoms with Crippen LogP contribution in [-0.4, -0.2) is 38.7 Å². The minimum atomic E-state index is -0.905. The fourth-order valence-electron chi connectivity index (χ4n) is 1.07. The third-order valence-electron chi connectivity index (χ3n) is 2.23. The van der Waals surface area contributed by atoms with Gasteiger partial charge in [-0.15, -0.1) is 0 Å². The molecule has 110 valence electrons. The highest BCUT2D eigenvalue weighted by atomic mass is 32.2. The first-order valence-electron chi connectivity index (χ1n) is 5.39. The van der Waals surface area contributed by atoms with Crippen molar-refractivity contribution in [3.8, 4) is 0 Å². The van der Waals surface area contributed by atoms with Crippen molar-refractivity contribution < 1.29 is 19.3 Å². The lowest BCUT2D eigenvalue weighted by Gasteiger charge is -2.15. The predicted octanol–water partition coefficient (Wildman–Crippen LogP) is 2.25. The summed E-state index contributed by atoms with van der Waals surface area (Å²) in [7, 11) is 1.27. The van der Waals surface area contributed by atoms with Gasteiger partial charge in [-0.3, -0.25) is 19.7 Å². The summed E-state index contributed by atoms with van der Waals surface area (Å²) in [6, 6.07) is 0. The topological polar surface area (TPSA) is 102 Å². The molecule has 1 aliphatic rings. The molecule has 0 N–H and O–H groups in total. The molecule has 10 heteroatoms. The molecule has 20 heavy (non-hydrogen) atoms. The van der Waals surface area contributed by atoms with Crippen molar-refractivity contribution in [1.29, 1.82) is 0 Å². The van der Waals surface area contributed by atoms with E-state index < -0.39 is 21.7 Å². The number of hydrogen-bond acceptors (Lipinski definition) is 8. The number of rotatable bonds is 2. The van der Waals surface area contributed by atoms with Gasteiger partial charge in [0.15, 0.2) is 0 Å². The van der Waals surface area contributed by atoms with E-state index in [0.717, 1.165) is 22.9 Å². The number of nitrogens with zero attached hydrogens (tertiary/aromatic N) is 3. The Bertz CT molecular complexity index is 515. The van der Waals surface area contributed by atoms with Crippen molar-refractivity contribution in [2.24, 2.45) is 5.16 Å². The van der Waals surface area contributed by atoms with Crippen LogP contribution in [0.15, 0.2) is 15.6 Å². The molecular weight excluding hydrogens is 306 g/mol. The highest BCUT2D eigenvalue weighted by Gasteiger charge is 2.38. The van der Waals surface area contributed by atoms with Gasteiger partial charge in [-0.05, 0) is 13.8 Å². The second-order valence-electron chi connectivity index (χ2n) is 4.28. The molecule has 1 rings (SSSR count). The minimum Gasteiger partial charge on any atom is -0.297 e. The van der Waals surface area contributed by atoms with Gasteiger partial charge in [0.05, 0.1) is 9.67 Å². The standard InChI is InChI=1S/C10H13N3O5S2/c1-6(14)12(4)9(15)18-11-8-10(2,3)20-7(19-8)5-13(16)17/h5H,1-4H3. The molecule has 0 aliphatic carbocycles. The number of imide groups is 1. The molecule has 0 spiro atoms. The van der Waals surface area contributed by atoms with Gasteiger partial charge in [0.1, 0.15) is 9.28 Å². The number of amides is 2. The molecule has 1 fully saturated rings. The Kier molecular flexibility index (Phi) is 5.17. The van der Waals surface area contributed by atoms with Gasteiger partial charge in [-0.2, -0.15) is 0 Å². The van der Waals surface area contributed by atoms with Gasteiger partial charge >= 0.3 is 6.09 Å². The quantitative estimate of drug-likeness (QED) is 0.437. The summed E-state index contributed by atoms with van der Waals surface area (Å²) in [6.07, 6.45) is -0.0264. The van der Waals surface area contributed by atoms with E-state index in [4.69, 9.17) is 0 Å². The Morgan fingerprint density at radius 3 is 2.60 bits per heavy atom. The lowest BCUT2D eigenvalue weighted by atomic mass is 10.2. The predicted molar refractivity (Wildman–Crippen MR) is 76.7 cm³/mol. The molecule has 0 atom stereocenters. The van der Waals surface area contributed by atoms with Crippen LogP contribution in [0.5, 0.6) is 0 Å². The molecule has 0 saturated carbocycles. The van der Waals surface area contributed by atoms with E-state index in [-0.39, 0.29) is 0 Å². The fraction of sp³-hybridized carbons (Fsp3) is 0.500. The molecule has 0 radical (unpaired) electrons. The van der Waals surface area contributed by atoms with Crippen LogP contribution in [0.1, 0.15) is 20.8 Å². The number of hydrogen-bond donors (Lipinski definition) is 0. The number of carbonyl (C=O) groups excluding carboxylic acids is 2. The van der Waals surface area contributed by atoms with E-state index >= 15 is 0 Å². The van der Waals surface area contributed by atoms with Gasteiger partial charge in [0.2, 0.25) is 5.91 Å². The highest BCUT2D eigenvalue weighted by molar-refractivity contribution is 8.35. The molecule has 1 saturated heterocycles.